The molecule has 0 amide bonds. The number of hydrogen-bond donors (Lipinski definition) is 0. The molecule has 0 fully saturated rings. The maximum atomic E-state index is 12.8. The minimum Gasteiger partial charge on any atom is -0.462 e. The molecule has 0 saturated heterocycles. The van der Waals surface area contributed by atoms with Crippen molar-refractivity contribution in [1.29, 1.82) is 0 Å². The molecular weight excluding hydrogens is 829 g/mol. The molecule has 0 aromatic heterocycles. The SMILES string of the molecule is CC/C=C\C/C=C\C/C=C\CCCCCCCCCCCC(=O)OCC(COC(=O)CCCCCCC/C=C\CCCCC)OC(=O)CCCCCCC\C=C/C=C\C=C/C=C\CCCCC. The van der Waals surface area contributed by atoms with Crippen molar-refractivity contribution >= 4 is 17.9 Å². The molecule has 6 nitrogen and oxygen atoms in total. The molecule has 0 aliphatic rings. The average molecular weight is 931 g/mol. The fraction of sp³-hybridized carbons (Fsp3) is 0.689. The summed E-state index contributed by atoms with van der Waals surface area (Å²) < 4.78 is 16.8. The van der Waals surface area contributed by atoms with E-state index in [4.69, 9.17) is 14.2 Å². The van der Waals surface area contributed by atoms with Gasteiger partial charge in [-0.2, -0.15) is 0 Å². The van der Waals surface area contributed by atoms with Crippen molar-refractivity contribution in [1.82, 2.24) is 0 Å². The summed E-state index contributed by atoms with van der Waals surface area (Å²) in [4.78, 5) is 38.1. The van der Waals surface area contributed by atoms with Crippen molar-refractivity contribution < 1.29 is 28.6 Å². The second-order valence-electron chi connectivity index (χ2n) is 18.2. The number of allylic oxidation sites excluding steroid dienone is 16. The first-order valence-electron chi connectivity index (χ1n) is 27.8. The number of carbonyl (C=O) groups is 3. The van der Waals surface area contributed by atoms with Gasteiger partial charge in [0.1, 0.15) is 13.2 Å². The number of ether oxygens (including phenoxy) is 3. The lowest BCUT2D eigenvalue weighted by Crippen LogP contribution is -2.30. The summed E-state index contributed by atoms with van der Waals surface area (Å²) in [6.07, 6.45) is 72.4. The van der Waals surface area contributed by atoms with Gasteiger partial charge in [-0.05, 0) is 103 Å². The van der Waals surface area contributed by atoms with Gasteiger partial charge < -0.3 is 14.2 Å². The molecule has 6 heteroatoms. The van der Waals surface area contributed by atoms with Crippen molar-refractivity contribution in [3.8, 4) is 0 Å². The number of carbonyl (C=O) groups excluding carboxylic acids is 3. The van der Waals surface area contributed by atoms with E-state index in [0.717, 1.165) is 109 Å². The topological polar surface area (TPSA) is 78.9 Å². The predicted molar refractivity (Wildman–Crippen MR) is 288 cm³/mol. The van der Waals surface area contributed by atoms with Crippen LogP contribution in [0.15, 0.2) is 97.2 Å². The third-order valence-corrected chi connectivity index (χ3v) is 11.6. The third-order valence-electron chi connectivity index (χ3n) is 11.6. The predicted octanol–water partition coefficient (Wildman–Crippen LogP) is 18.5. The molecule has 382 valence electrons. The molecule has 0 aliphatic heterocycles. The van der Waals surface area contributed by atoms with Crippen LogP contribution in [0.4, 0.5) is 0 Å². The summed E-state index contributed by atoms with van der Waals surface area (Å²) in [5, 5.41) is 0. The fourth-order valence-electron chi connectivity index (χ4n) is 7.46. The molecule has 0 bridgehead atoms. The van der Waals surface area contributed by atoms with Gasteiger partial charge in [0, 0.05) is 19.3 Å². The number of hydrogen-bond acceptors (Lipinski definition) is 6. The first kappa shape index (κ1) is 63.3. The van der Waals surface area contributed by atoms with Gasteiger partial charge >= 0.3 is 17.9 Å². The van der Waals surface area contributed by atoms with Crippen LogP contribution in [-0.2, 0) is 28.6 Å². The van der Waals surface area contributed by atoms with Crippen LogP contribution in [0.25, 0.3) is 0 Å². The Morgan fingerprint density at radius 3 is 1.06 bits per heavy atom. The Kier molecular flexibility index (Phi) is 51.9. The molecular formula is C61H102O6. The van der Waals surface area contributed by atoms with E-state index in [1.165, 1.54) is 103 Å². The van der Waals surface area contributed by atoms with Gasteiger partial charge in [0.2, 0.25) is 0 Å². The van der Waals surface area contributed by atoms with Crippen molar-refractivity contribution in [3.05, 3.63) is 97.2 Å². The van der Waals surface area contributed by atoms with Gasteiger partial charge in [-0.1, -0.05) is 227 Å². The highest BCUT2D eigenvalue weighted by atomic mass is 16.6. The van der Waals surface area contributed by atoms with Gasteiger partial charge in [0.05, 0.1) is 0 Å². The van der Waals surface area contributed by atoms with Crippen LogP contribution >= 0.6 is 0 Å². The fourth-order valence-corrected chi connectivity index (χ4v) is 7.46. The molecule has 67 heavy (non-hydrogen) atoms. The van der Waals surface area contributed by atoms with Crippen LogP contribution in [0.3, 0.4) is 0 Å². The second kappa shape index (κ2) is 54.9. The number of unbranched alkanes of at least 4 members (excludes halogenated alkanes) is 25. The van der Waals surface area contributed by atoms with Crippen LogP contribution in [0.2, 0.25) is 0 Å². The molecule has 0 heterocycles. The number of esters is 3. The molecule has 1 unspecified atom stereocenters. The summed E-state index contributed by atoms with van der Waals surface area (Å²) in [6.45, 7) is 6.44. The Morgan fingerprint density at radius 2 is 0.642 bits per heavy atom. The van der Waals surface area contributed by atoms with Crippen LogP contribution in [0.1, 0.15) is 252 Å². The number of rotatable bonds is 49. The molecule has 0 spiro atoms. The Hall–Kier alpha value is -3.67. The van der Waals surface area contributed by atoms with Crippen LogP contribution in [0.5, 0.6) is 0 Å². The Balaban J connectivity index is 4.43. The van der Waals surface area contributed by atoms with Crippen molar-refractivity contribution in [2.24, 2.45) is 0 Å². The quantitative estimate of drug-likeness (QED) is 0.0199. The van der Waals surface area contributed by atoms with E-state index in [1.54, 1.807) is 0 Å². The molecule has 1 atom stereocenters. The Labute approximate surface area is 413 Å². The largest absolute Gasteiger partial charge is 0.462 e. The second-order valence-corrected chi connectivity index (χ2v) is 18.2. The lowest BCUT2D eigenvalue weighted by Gasteiger charge is -2.18. The lowest BCUT2D eigenvalue weighted by atomic mass is 10.1. The van der Waals surface area contributed by atoms with E-state index in [2.05, 4.69) is 118 Å². The maximum absolute atomic E-state index is 12.8. The van der Waals surface area contributed by atoms with Crippen LogP contribution < -0.4 is 0 Å². The first-order valence-corrected chi connectivity index (χ1v) is 27.8. The average Bonchev–Trinajstić information content (AvgIpc) is 3.33. The van der Waals surface area contributed by atoms with Crippen molar-refractivity contribution in [2.45, 2.75) is 258 Å². The van der Waals surface area contributed by atoms with Gasteiger partial charge in [0.15, 0.2) is 6.10 Å². The molecule has 0 saturated carbocycles. The highest BCUT2D eigenvalue weighted by Crippen LogP contribution is 2.14. The maximum Gasteiger partial charge on any atom is 0.306 e. The van der Waals surface area contributed by atoms with Gasteiger partial charge in [-0.15, -0.1) is 0 Å². The van der Waals surface area contributed by atoms with E-state index < -0.39 is 6.10 Å². The molecule has 0 aliphatic carbocycles. The standard InChI is InChI=1S/C61H102O6/c1-4-7-10-13-16-19-22-25-27-29-31-33-34-36-39-42-45-48-51-54-60(63)66-57-58(56-65-59(62)53-50-47-44-41-38-24-21-18-15-12-9-6-3)67-61(64)55-52-49-46-43-40-37-35-32-30-28-26-23-20-17-14-11-8-5-2/h7,10,16-21,23,25-28,30,32,35,58H,4-6,8-9,11-15,22,24,29,31,33-34,36-57H2,1-3H3/b10-7-,19-16-,20-17-,21-18-,26-23-,27-25-,30-28-,35-32-. The van der Waals surface area contributed by atoms with Gasteiger partial charge in [-0.25, -0.2) is 0 Å². The minimum atomic E-state index is -0.796. The summed E-state index contributed by atoms with van der Waals surface area (Å²) in [5.74, 6) is -0.930. The molecule has 0 aromatic rings. The van der Waals surface area contributed by atoms with Crippen LogP contribution in [-0.4, -0.2) is 37.2 Å². The lowest BCUT2D eigenvalue weighted by molar-refractivity contribution is -0.167. The van der Waals surface area contributed by atoms with E-state index in [-0.39, 0.29) is 31.1 Å². The first-order chi connectivity index (χ1) is 33.0. The smallest absolute Gasteiger partial charge is 0.306 e. The van der Waals surface area contributed by atoms with E-state index in [9.17, 15) is 14.4 Å². The molecule has 0 rings (SSSR count). The summed E-state index contributed by atoms with van der Waals surface area (Å²) in [7, 11) is 0. The normalized spacial score (nSPS) is 12.8. The highest BCUT2D eigenvalue weighted by molar-refractivity contribution is 5.71. The third kappa shape index (κ3) is 53.2. The molecule has 0 aromatic carbocycles. The van der Waals surface area contributed by atoms with Crippen LogP contribution in [0, 0.1) is 0 Å². The highest BCUT2D eigenvalue weighted by Gasteiger charge is 2.19. The molecule has 0 radical (unpaired) electrons. The Bertz CT molecular complexity index is 1350. The minimum absolute atomic E-state index is 0.0934. The van der Waals surface area contributed by atoms with E-state index in [0.29, 0.717) is 19.3 Å². The zero-order valence-electron chi connectivity index (χ0n) is 43.6. The monoisotopic (exact) mass is 931 g/mol. The molecule has 0 N–H and O–H groups in total. The van der Waals surface area contributed by atoms with Crippen molar-refractivity contribution in [3.63, 3.8) is 0 Å². The van der Waals surface area contributed by atoms with E-state index in [1.807, 2.05) is 0 Å². The summed E-state index contributed by atoms with van der Waals surface area (Å²) >= 11 is 0. The van der Waals surface area contributed by atoms with Crippen molar-refractivity contribution in [2.75, 3.05) is 13.2 Å². The zero-order valence-corrected chi connectivity index (χ0v) is 43.6. The van der Waals surface area contributed by atoms with Gasteiger partial charge in [0.25, 0.3) is 0 Å². The summed E-state index contributed by atoms with van der Waals surface area (Å²) in [5.41, 5.74) is 0. The van der Waals surface area contributed by atoms with E-state index >= 15 is 0 Å². The summed E-state index contributed by atoms with van der Waals surface area (Å²) in [6, 6.07) is 0. The Morgan fingerprint density at radius 1 is 0.328 bits per heavy atom. The zero-order chi connectivity index (χ0) is 48.6. The van der Waals surface area contributed by atoms with Gasteiger partial charge in [-0.3, -0.25) is 14.4 Å².